The van der Waals surface area contributed by atoms with E-state index in [1.54, 1.807) is 0 Å². The topological polar surface area (TPSA) is 35.9 Å². The first-order chi connectivity index (χ1) is 10.3. The van der Waals surface area contributed by atoms with Crippen LogP contribution < -0.4 is 0 Å². The Bertz CT molecular complexity index is 438. The summed E-state index contributed by atoms with van der Waals surface area (Å²) in [5.74, 6) is 0.742. The van der Waals surface area contributed by atoms with Crippen LogP contribution in [-0.4, -0.2) is 60.8 Å². The molecule has 116 valence electrons. The fourth-order valence-corrected chi connectivity index (χ4v) is 3.33. The van der Waals surface area contributed by atoms with Crippen LogP contribution in [0.3, 0.4) is 0 Å². The Labute approximate surface area is 127 Å². The van der Waals surface area contributed by atoms with Crippen molar-refractivity contribution in [2.24, 2.45) is 5.92 Å². The average molecular weight is 290 g/mol. The lowest BCUT2D eigenvalue weighted by atomic mass is 10.1. The highest BCUT2D eigenvalue weighted by molar-refractivity contribution is 5.26. The zero-order chi connectivity index (χ0) is 14.5. The van der Waals surface area contributed by atoms with Crippen LogP contribution in [0, 0.1) is 5.92 Å². The Morgan fingerprint density at radius 2 is 1.76 bits per heavy atom. The number of aliphatic hydroxyl groups is 1. The third-order valence-corrected chi connectivity index (χ3v) is 4.69. The van der Waals surface area contributed by atoms with Crippen LogP contribution in [-0.2, 0) is 17.9 Å². The highest BCUT2D eigenvalue weighted by atomic mass is 16.5. The van der Waals surface area contributed by atoms with Gasteiger partial charge in [0.15, 0.2) is 0 Å². The van der Waals surface area contributed by atoms with Crippen molar-refractivity contribution in [1.29, 1.82) is 0 Å². The van der Waals surface area contributed by atoms with Gasteiger partial charge in [0.2, 0.25) is 0 Å². The smallest absolute Gasteiger partial charge is 0.0685 e. The van der Waals surface area contributed by atoms with Gasteiger partial charge in [-0.1, -0.05) is 24.3 Å². The van der Waals surface area contributed by atoms with Crippen molar-refractivity contribution < 1.29 is 9.84 Å². The number of aliphatic hydroxyl groups excluding tert-OH is 1. The zero-order valence-corrected chi connectivity index (χ0v) is 12.7. The van der Waals surface area contributed by atoms with Crippen LogP contribution in [0.25, 0.3) is 0 Å². The number of hydrogen-bond acceptors (Lipinski definition) is 4. The maximum Gasteiger partial charge on any atom is 0.0685 e. The summed E-state index contributed by atoms with van der Waals surface area (Å²) in [6.45, 7) is 8.72. The van der Waals surface area contributed by atoms with Gasteiger partial charge in [0.25, 0.3) is 0 Å². The molecule has 3 rings (SSSR count). The van der Waals surface area contributed by atoms with Crippen molar-refractivity contribution >= 4 is 0 Å². The molecule has 2 fully saturated rings. The zero-order valence-electron chi connectivity index (χ0n) is 12.7. The second-order valence-corrected chi connectivity index (χ2v) is 6.23. The monoisotopic (exact) mass is 290 g/mol. The van der Waals surface area contributed by atoms with E-state index in [1.165, 1.54) is 18.5 Å². The summed E-state index contributed by atoms with van der Waals surface area (Å²) in [6.07, 6.45) is 1.23. The van der Waals surface area contributed by atoms with E-state index >= 15 is 0 Å². The van der Waals surface area contributed by atoms with Gasteiger partial charge in [0.05, 0.1) is 13.2 Å². The minimum atomic E-state index is 0.137. The number of hydrogen-bond donors (Lipinski definition) is 1. The fourth-order valence-electron chi connectivity index (χ4n) is 3.33. The van der Waals surface area contributed by atoms with Crippen molar-refractivity contribution in [2.45, 2.75) is 19.6 Å². The maximum atomic E-state index is 9.41. The van der Waals surface area contributed by atoms with Gasteiger partial charge in [-0.25, -0.2) is 0 Å². The van der Waals surface area contributed by atoms with E-state index < -0.39 is 0 Å². The summed E-state index contributed by atoms with van der Waals surface area (Å²) in [5.41, 5.74) is 2.32. The molecule has 0 saturated carbocycles. The van der Waals surface area contributed by atoms with Crippen molar-refractivity contribution in [2.75, 3.05) is 45.9 Å². The summed E-state index contributed by atoms with van der Waals surface area (Å²) >= 11 is 0. The van der Waals surface area contributed by atoms with Gasteiger partial charge in [-0.05, 0) is 23.5 Å². The Hall–Kier alpha value is -0.940. The minimum absolute atomic E-state index is 0.137. The average Bonchev–Trinajstić information content (AvgIpc) is 3.03. The van der Waals surface area contributed by atoms with Crippen molar-refractivity contribution in [3.8, 4) is 0 Å². The molecule has 0 aromatic heterocycles. The molecule has 0 radical (unpaired) electrons. The van der Waals surface area contributed by atoms with Crippen molar-refractivity contribution in [1.82, 2.24) is 9.80 Å². The second kappa shape index (κ2) is 7.36. The molecule has 2 saturated heterocycles. The van der Waals surface area contributed by atoms with Crippen LogP contribution >= 0.6 is 0 Å². The summed E-state index contributed by atoms with van der Waals surface area (Å²) in [5, 5.41) is 9.41. The lowest BCUT2D eigenvalue weighted by molar-refractivity contribution is 0.106. The SMILES string of the molecule is OCc1ccccc1CN1CCN(C[C@H]2CCOC2)CC1. The van der Waals surface area contributed by atoms with Crippen LogP contribution in [0.15, 0.2) is 24.3 Å². The third kappa shape index (κ3) is 4.04. The van der Waals surface area contributed by atoms with Crippen LogP contribution in [0.4, 0.5) is 0 Å². The quantitative estimate of drug-likeness (QED) is 0.887. The van der Waals surface area contributed by atoms with Crippen LogP contribution in [0.1, 0.15) is 17.5 Å². The van der Waals surface area contributed by atoms with Crippen molar-refractivity contribution in [3.63, 3.8) is 0 Å². The molecule has 0 unspecified atom stereocenters. The molecule has 0 amide bonds. The summed E-state index contributed by atoms with van der Waals surface area (Å²) < 4.78 is 5.46. The van der Waals surface area contributed by atoms with Gasteiger partial charge < -0.3 is 14.7 Å². The maximum absolute atomic E-state index is 9.41. The van der Waals surface area contributed by atoms with E-state index in [0.29, 0.717) is 0 Å². The lowest BCUT2D eigenvalue weighted by Crippen LogP contribution is -2.47. The molecule has 1 aromatic rings. The molecule has 1 atom stereocenters. The summed E-state index contributed by atoms with van der Waals surface area (Å²) in [4.78, 5) is 5.07. The molecule has 2 heterocycles. The Morgan fingerprint density at radius 3 is 2.43 bits per heavy atom. The van der Waals surface area contributed by atoms with Gasteiger partial charge >= 0.3 is 0 Å². The molecule has 1 N–H and O–H groups in total. The molecule has 21 heavy (non-hydrogen) atoms. The Kier molecular flexibility index (Phi) is 5.25. The molecule has 0 spiro atoms. The predicted octanol–water partition coefficient (Wildman–Crippen LogP) is 1.33. The van der Waals surface area contributed by atoms with E-state index in [9.17, 15) is 5.11 Å². The van der Waals surface area contributed by atoms with Gasteiger partial charge in [0.1, 0.15) is 0 Å². The molecule has 4 heteroatoms. The molecule has 1 aromatic carbocycles. The van der Waals surface area contributed by atoms with E-state index in [1.807, 2.05) is 12.1 Å². The minimum Gasteiger partial charge on any atom is -0.392 e. The number of nitrogens with zero attached hydrogens (tertiary/aromatic N) is 2. The van der Waals surface area contributed by atoms with Crippen LogP contribution in [0.5, 0.6) is 0 Å². The molecule has 2 aliphatic heterocycles. The third-order valence-electron chi connectivity index (χ3n) is 4.69. The van der Waals surface area contributed by atoms with Gasteiger partial charge in [0, 0.05) is 45.9 Å². The summed E-state index contributed by atoms with van der Waals surface area (Å²) in [7, 11) is 0. The summed E-state index contributed by atoms with van der Waals surface area (Å²) in [6, 6.07) is 8.21. The standard InChI is InChI=1S/C17H26N2O2/c20-13-17-4-2-1-3-16(17)12-19-8-6-18(7-9-19)11-15-5-10-21-14-15/h1-4,15,20H,5-14H2/t15-/m1/s1. The first-order valence-electron chi connectivity index (χ1n) is 8.05. The molecule has 2 aliphatic rings. The second-order valence-electron chi connectivity index (χ2n) is 6.23. The molecular formula is C17H26N2O2. The van der Waals surface area contributed by atoms with E-state index in [4.69, 9.17) is 4.74 Å². The number of rotatable bonds is 5. The van der Waals surface area contributed by atoms with Gasteiger partial charge in [-0.15, -0.1) is 0 Å². The normalized spacial score (nSPS) is 24.5. The fraction of sp³-hybridized carbons (Fsp3) is 0.647. The Morgan fingerprint density at radius 1 is 1.05 bits per heavy atom. The van der Waals surface area contributed by atoms with E-state index in [-0.39, 0.29) is 6.61 Å². The van der Waals surface area contributed by atoms with E-state index in [0.717, 1.165) is 57.4 Å². The first-order valence-corrected chi connectivity index (χ1v) is 8.05. The highest BCUT2D eigenvalue weighted by Gasteiger charge is 2.22. The van der Waals surface area contributed by atoms with Gasteiger partial charge in [-0.3, -0.25) is 4.90 Å². The highest BCUT2D eigenvalue weighted by Crippen LogP contribution is 2.17. The van der Waals surface area contributed by atoms with Crippen LogP contribution in [0.2, 0.25) is 0 Å². The number of benzene rings is 1. The largest absolute Gasteiger partial charge is 0.392 e. The molecule has 0 aliphatic carbocycles. The lowest BCUT2D eigenvalue weighted by Gasteiger charge is -2.36. The first kappa shape index (κ1) is 15.0. The van der Waals surface area contributed by atoms with E-state index in [2.05, 4.69) is 21.9 Å². The predicted molar refractivity (Wildman–Crippen MR) is 83.0 cm³/mol. The number of piperazine rings is 1. The van der Waals surface area contributed by atoms with Crippen molar-refractivity contribution in [3.05, 3.63) is 35.4 Å². The number of ether oxygens (including phenoxy) is 1. The molecular weight excluding hydrogens is 264 g/mol. The Balaban J connectivity index is 1.47. The molecule has 4 nitrogen and oxygen atoms in total. The molecule has 0 bridgehead atoms. The van der Waals surface area contributed by atoms with Gasteiger partial charge in [-0.2, -0.15) is 0 Å².